The summed E-state index contributed by atoms with van der Waals surface area (Å²) in [4.78, 5) is 41.8. The summed E-state index contributed by atoms with van der Waals surface area (Å²) in [5.41, 5.74) is 0.847. The smallest absolute Gasteiger partial charge is 0.433 e. The summed E-state index contributed by atoms with van der Waals surface area (Å²) < 4.78 is 18.2. The molecule has 0 saturated heterocycles. The van der Waals surface area contributed by atoms with Crippen LogP contribution in [0.2, 0.25) is 0 Å². The number of fused-ring (bicyclic) bond motifs is 1. The molecule has 1 atom stereocenters. The van der Waals surface area contributed by atoms with Crippen molar-refractivity contribution in [1.82, 2.24) is 4.57 Å². The van der Waals surface area contributed by atoms with E-state index in [0.717, 1.165) is 11.3 Å². The van der Waals surface area contributed by atoms with Crippen LogP contribution >= 0.6 is 11.3 Å². The van der Waals surface area contributed by atoms with Gasteiger partial charge in [0.2, 0.25) is 0 Å². The first-order chi connectivity index (χ1) is 16.7. The van der Waals surface area contributed by atoms with Gasteiger partial charge in [-0.2, -0.15) is 0 Å². The second kappa shape index (κ2) is 9.71. The lowest BCUT2D eigenvalue weighted by molar-refractivity contribution is -0.402. The number of allylic oxidation sites excluding steroid dienone is 1. The molecule has 0 spiro atoms. The minimum Gasteiger partial charge on any atom is -0.491 e. The Balaban J connectivity index is 1.96. The highest BCUT2D eigenvalue weighted by molar-refractivity contribution is 7.07. The maximum atomic E-state index is 13.6. The van der Waals surface area contributed by atoms with Crippen molar-refractivity contribution in [2.45, 2.75) is 39.8 Å². The third-order valence-electron chi connectivity index (χ3n) is 5.16. The molecule has 0 amide bonds. The second-order valence-electron chi connectivity index (χ2n) is 7.94. The van der Waals surface area contributed by atoms with E-state index in [1.807, 2.05) is 19.9 Å². The number of nitro groups is 1. The number of thiazole rings is 1. The molecule has 0 radical (unpaired) electrons. The number of carbonyl (C=O) groups excluding carboxylic acids is 1. The van der Waals surface area contributed by atoms with Crippen LogP contribution in [0.5, 0.6) is 5.75 Å². The van der Waals surface area contributed by atoms with Gasteiger partial charge < -0.3 is 13.9 Å². The first-order valence-corrected chi connectivity index (χ1v) is 11.7. The van der Waals surface area contributed by atoms with Crippen LogP contribution in [0, 0.1) is 10.1 Å². The molecule has 182 valence electrons. The Kier molecular flexibility index (Phi) is 6.70. The summed E-state index contributed by atoms with van der Waals surface area (Å²) >= 11 is 1.09. The van der Waals surface area contributed by atoms with Crippen LogP contribution in [0.1, 0.15) is 45.1 Å². The first kappa shape index (κ1) is 24.1. The van der Waals surface area contributed by atoms with Crippen LogP contribution < -0.4 is 19.6 Å². The molecule has 3 heterocycles. The monoisotopic (exact) mass is 497 g/mol. The predicted octanol–water partition coefficient (Wildman–Crippen LogP) is 3.09. The van der Waals surface area contributed by atoms with Gasteiger partial charge >= 0.3 is 11.9 Å². The summed E-state index contributed by atoms with van der Waals surface area (Å²) in [6, 6.07) is 8.99. The van der Waals surface area contributed by atoms with Gasteiger partial charge in [0, 0.05) is 11.6 Å². The Morgan fingerprint density at radius 1 is 1.31 bits per heavy atom. The van der Waals surface area contributed by atoms with Gasteiger partial charge in [-0.05, 0) is 39.8 Å². The molecule has 3 aromatic rings. The lowest BCUT2D eigenvalue weighted by Crippen LogP contribution is -2.40. The van der Waals surface area contributed by atoms with Crippen LogP contribution in [0.4, 0.5) is 5.88 Å². The molecule has 0 fully saturated rings. The first-order valence-electron chi connectivity index (χ1n) is 10.9. The number of carbonyl (C=O) groups is 1. The van der Waals surface area contributed by atoms with Gasteiger partial charge in [0.05, 0.1) is 34.6 Å². The normalized spacial score (nSPS) is 15.7. The van der Waals surface area contributed by atoms with Crippen LogP contribution in [0.3, 0.4) is 0 Å². The van der Waals surface area contributed by atoms with Crippen molar-refractivity contribution in [3.8, 4) is 5.75 Å². The molecule has 4 rings (SSSR count). The Labute approximate surface area is 203 Å². The third-order valence-corrected chi connectivity index (χ3v) is 6.14. The summed E-state index contributed by atoms with van der Waals surface area (Å²) in [5, 5.41) is 10.9. The van der Waals surface area contributed by atoms with Crippen molar-refractivity contribution < 1.29 is 23.6 Å². The van der Waals surface area contributed by atoms with Crippen molar-refractivity contribution in [3.63, 3.8) is 0 Å². The van der Waals surface area contributed by atoms with E-state index in [2.05, 4.69) is 4.99 Å². The summed E-state index contributed by atoms with van der Waals surface area (Å²) in [7, 11) is 0. The summed E-state index contributed by atoms with van der Waals surface area (Å²) in [5.74, 6) is -0.320. The Bertz CT molecular complexity index is 1510. The number of para-hydroxylation sites is 1. The molecule has 1 aliphatic heterocycles. The van der Waals surface area contributed by atoms with E-state index in [1.165, 1.54) is 22.8 Å². The van der Waals surface area contributed by atoms with Gasteiger partial charge in [-0.25, -0.2) is 9.79 Å². The molecule has 0 N–H and O–H groups in total. The Morgan fingerprint density at radius 3 is 2.71 bits per heavy atom. The van der Waals surface area contributed by atoms with Gasteiger partial charge in [0.1, 0.15) is 22.5 Å². The third kappa shape index (κ3) is 4.67. The van der Waals surface area contributed by atoms with E-state index in [1.54, 1.807) is 32.0 Å². The molecule has 0 unspecified atom stereocenters. The highest BCUT2D eigenvalue weighted by atomic mass is 32.1. The molecule has 1 aromatic carbocycles. The number of furan rings is 1. The zero-order valence-electron chi connectivity index (χ0n) is 19.5. The number of rotatable bonds is 7. The molecular weight excluding hydrogens is 474 g/mol. The lowest BCUT2D eigenvalue weighted by atomic mass is 9.95. The van der Waals surface area contributed by atoms with Gasteiger partial charge in [-0.15, -0.1) is 0 Å². The number of aromatic nitrogens is 1. The number of hydrogen-bond acceptors (Lipinski definition) is 9. The molecule has 2 aromatic heterocycles. The maximum absolute atomic E-state index is 13.6. The zero-order chi connectivity index (χ0) is 25.3. The minimum atomic E-state index is -0.840. The van der Waals surface area contributed by atoms with E-state index >= 15 is 0 Å². The van der Waals surface area contributed by atoms with Crippen LogP contribution in [-0.2, 0) is 9.53 Å². The fraction of sp³-hybridized carbons (Fsp3) is 0.292. The second-order valence-corrected chi connectivity index (χ2v) is 8.95. The molecule has 1 aliphatic rings. The number of hydrogen-bond donors (Lipinski definition) is 0. The number of esters is 1. The zero-order valence-corrected chi connectivity index (χ0v) is 20.3. The Hall–Kier alpha value is -3.99. The fourth-order valence-electron chi connectivity index (χ4n) is 3.80. The van der Waals surface area contributed by atoms with Gasteiger partial charge in [0.25, 0.3) is 5.56 Å². The predicted molar refractivity (Wildman–Crippen MR) is 128 cm³/mol. The van der Waals surface area contributed by atoms with Gasteiger partial charge in [-0.1, -0.05) is 29.5 Å². The minimum absolute atomic E-state index is 0.141. The average Bonchev–Trinajstić information content (AvgIpc) is 3.38. The standard InChI is InChI=1S/C24H23N3O7S/c1-5-32-23(29)20-14(4)25-24-26(21(20)16-8-6-7-9-17(16)33-13(2)3)22(28)18(35-24)12-15-10-11-19(34-15)27(30)31/h6-13,21H,5H2,1-4H3/b18-12+/t21-/m1/s1. The molecule has 35 heavy (non-hydrogen) atoms. The molecule has 10 nitrogen and oxygen atoms in total. The highest BCUT2D eigenvalue weighted by Gasteiger charge is 2.35. The Morgan fingerprint density at radius 2 is 2.06 bits per heavy atom. The largest absolute Gasteiger partial charge is 0.491 e. The van der Waals surface area contributed by atoms with E-state index in [4.69, 9.17) is 13.9 Å². The fourth-order valence-corrected chi connectivity index (χ4v) is 4.83. The molecule has 0 aliphatic carbocycles. The van der Waals surface area contributed by atoms with Crippen LogP contribution in [0.25, 0.3) is 6.08 Å². The molecule has 0 saturated carbocycles. The van der Waals surface area contributed by atoms with Crippen molar-refractivity contribution in [1.29, 1.82) is 0 Å². The average molecular weight is 498 g/mol. The maximum Gasteiger partial charge on any atom is 0.433 e. The van der Waals surface area contributed by atoms with Crippen LogP contribution in [0.15, 0.2) is 61.9 Å². The van der Waals surface area contributed by atoms with Crippen molar-refractivity contribution in [2.24, 2.45) is 4.99 Å². The van der Waals surface area contributed by atoms with E-state index in [-0.39, 0.29) is 28.6 Å². The molecule has 11 heteroatoms. The van der Waals surface area contributed by atoms with Gasteiger partial charge in [-0.3, -0.25) is 19.5 Å². The topological polar surface area (TPSA) is 126 Å². The lowest BCUT2D eigenvalue weighted by Gasteiger charge is -2.26. The molecular formula is C24H23N3O7S. The SMILES string of the molecule is CCOC(=O)C1=C(C)N=c2s/c(=C/c3ccc([N+](=O)[O-])o3)c(=O)n2[C@@H]1c1ccccc1OC(C)C. The van der Waals surface area contributed by atoms with Crippen molar-refractivity contribution in [3.05, 3.63) is 88.8 Å². The van der Waals surface area contributed by atoms with Gasteiger partial charge in [0.15, 0.2) is 4.80 Å². The summed E-state index contributed by atoms with van der Waals surface area (Å²) in [6.45, 7) is 7.33. The van der Waals surface area contributed by atoms with E-state index in [0.29, 0.717) is 21.8 Å². The van der Waals surface area contributed by atoms with Crippen molar-refractivity contribution in [2.75, 3.05) is 6.61 Å². The van der Waals surface area contributed by atoms with Crippen molar-refractivity contribution >= 4 is 29.3 Å². The number of benzene rings is 1. The molecule has 0 bridgehead atoms. The van der Waals surface area contributed by atoms with E-state index < -0.39 is 28.4 Å². The quantitative estimate of drug-likeness (QED) is 0.279. The number of ether oxygens (including phenoxy) is 2. The summed E-state index contributed by atoms with van der Waals surface area (Å²) in [6.07, 6.45) is 1.28. The number of nitrogens with zero attached hydrogens (tertiary/aromatic N) is 3. The van der Waals surface area contributed by atoms with Crippen LogP contribution in [-0.4, -0.2) is 28.2 Å². The van der Waals surface area contributed by atoms with E-state index in [9.17, 15) is 19.7 Å². The highest BCUT2D eigenvalue weighted by Crippen LogP contribution is 2.36.